The molecule has 28 heavy (non-hydrogen) atoms. The smallest absolute Gasteiger partial charge is 0.243 e. The van der Waals surface area contributed by atoms with E-state index in [0.717, 1.165) is 37.1 Å². The van der Waals surface area contributed by atoms with Crippen molar-refractivity contribution in [1.29, 1.82) is 0 Å². The van der Waals surface area contributed by atoms with Crippen LogP contribution in [0.5, 0.6) is 5.75 Å². The predicted octanol–water partition coefficient (Wildman–Crippen LogP) is 1.15. The fourth-order valence-electron chi connectivity index (χ4n) is 4.32. The van der Waals surface area contributed by atoms with Crippen LogP contribution in [0.1, 0.15) is 37.3 Å². The lowest BCUT2D eigenvalue weighted by Gasteiger charge is -2.35. The van der Waals surface area contributed by atoms with Crippen molar-refractivity contribution in [2.75, 3.05) is 19.7 Å². The van der Waals surface area contributed by atoms with Crippen molar-refractivity contribution >= 4 is 36.6 Å². The molecule has 0 bridgehead atoms. The highest BCUT2D eigenvalue weighted by Crippen LogP contribution is 2.33. The summed E-state index contributed by atoms with van der Waals surface area (Å²) in [6, 6.07) is 6.80. The van der Waals surface area contributed by atoms with Crippen LogP contribution >= 0.6 is 24.8 Å². The predicted molar refractivity (Wildman–Crippen MR) is 111 cm³/mol. The summed E-state index contributed by atoms with van der Waals surface area (Å²) < 4.78 is 5.67. The van der Waals surface area contributed by atoms with Gasteiger partial charge in [-0.25, -0.2) is 0 Å². The van der Waals surface area contributed by atoms with Crippen molar-refractivity contribution in [2.45, 2.75) is 49.9 Å². The lowest BCUT2D eigenvalue weighted by atomic mass is 10.00. The second kappa shape index (κ2) is 9.78. The molecule has 4 atom stereocenters. The third kappa shape index (κ3) is 4.38. The van der Waals surface area contributed by atoms with Gasteiger partial charge in [0.2, 0.25) is 11.8 Å². The maximum absolute atomic E-state index is 13.0. The van der Waals surface area contributed by atoms with E-state index in [1.807, 2.05) is 24.3 Å². The standard InChI is InChI=1S/C19H26N4O3.2ClH/c20-14-11-21-9-7-12-5-6-16(23(12)19(14)25)18(24)22-15-8-10-26-17-4-2-1-3-13(15)17;;/h1-4,12,14-16,21H,5-11,20H2,(H,22,24);2*1H/t12-,14+,15-,16+;;/m1../s1. The summed E-state index contributed by atoms with van der Waals surface area (Å²) in [5.74, 6) is 0.624. The monoisotopic (exact) mass is 430 g/mol. The van der Waals surface area contributed by atoms with Crippen LogP contribution in [0.15, 0.2) is 24.3 Å². The highest BCUT2D eigenvalue weighted by atomic mass is 35.5. The van der Waals surface area contributed by atoms with Gasteiger partial charge >= 0.3 is 0 Å². The molecule has 2 fully saturated rings. The number of nitrogens with two attached hydrogens (primary N) is 1. The number of carbonyl (C=O) groups excluding carboxylic acids is 2. The van der Waals surface area contributed by atoms with Gasteiger partial charge in [-0.15, -0.1) is 24.8 Å². The zero-order valence-electron chi connectivity index (χ0n) is 15.6. The molecule has 4 rings (SSSR count). The van der Waals surface area contributed by atoms with E-state index < -0.39 is 12.1 Å². The summed E-state index contributed by atoms with van der Waals surface area (Å²) in [7, 11) is 0. The number of hydrogen-bond acceptors (Lipinski definition) is 5. The normalized spacial score (nSPS) is 29.0. The first-order valence-corrected chi connectivity index (χ1v) is 9.45. The summed E-state index contributed by atoms with van der Waals surface area (Å²) in [6.45, 7) is 1.86. The van der Waals surface area contributed by atoms with Gasteiger partial charge < -0.3 is 26.0 Å². The highest BCUT2D eigenvalue weighted by molar-refractivity contribution is 5.91. The van der Waals surface area contributed by atoms with Crippen molar-refractivity contribution in [3.63, 3.8) is 0 Å². The molecule has 2 amide bonds. The first kappa shape index (κ1) is 22.7. The molecule has 3 heterocycles. The van der Waals surface area contributed by atoms with Gasteiger partial charge in [-0.3, -0.25) is 9.59 Å². The van der Waals surface area contributed by atoms with Crippen molar-refractivity contribution in [1.82, 2.24) is 15.5 Å². The summed E-state index contributed by atoms with van der Waals surface area (Å²) >= 11 is 0. The molecule has 0 radical (unpaired) electrons. The molecule has 3 aliphatic rings. The third-order valence-corrected chi connectivity index (χ3v) is 5.67. The Kier molecular flexibility index (Phi) is 7.95. The SMILES string of the molecule is Cl.Cl.N[C@H]1CNCC[C@H]2CC[C@@H](C(=O)N[C@@H]3CCOc4ccccc43)N2C1=O. The van der Waals surface area contributed by atoms with E-state index in [2.05, 4.69) is 10.6 Å². The first-order chi connectivity index (χ1) is 12.6. The molecule has 2 saturated heterocycles. The zero-order chi connectivity index (χ0) is 18.1. The molecule has 0 aromatic heterocycles. The fourth-order valence-corrected chi connectivity index (χ4v) is 4.32. The molecule has 9 heteroatoms. The minimum Gasteiger partial charge on any atom is -0.493 e. The number of ether oxygens (including phenoxy) is 1. The van der Waals surface area contributed by atoms with Gasteiger partial charge in [0.15, 0.2) is 0 Å². The molecule has 156 valence electrons. The Morgan fingerprint density at radius 3 is 2.79 bits per heavy atom. The van der Waals surface area contributed by atoms with Crippen LogP contribution < -0.4 is 21.1 Å². The lowest BCUT2D eigenvalue weighted by Crippen LogP contribution is -2.58. The molecule has 1 aromatic rings. The Labute approximate surface area is 177 Å². The number of halogens is 2. The van der Waals surface area contributed by atoms with Gasteiger partial charge in [-0.2, -0.15) is 0 Å². The zero-order valence-corrected chi connectivity index (χ0v) is 17.3. The number of carbonyl (C=O) groups is 2. The van der Waals surface area contributed by atoms with Gasteiger partial charge in [0.1, 0.15) is 11.8 Å². The molecule has 0 spiro atoms. The molecule has 0 unspecified atom stereocenters. The molecule has 1 aromatic carbocycles. The van der Waals surface area contributed by atoms with Gasteiger partial charge in [0.05, 0.1) is 18.7 Å². The minimum atomic E-state index is -0.588. The van der Waals surface area contributed by atoms with Crippen LogP contribution in [0.2, 0.25) is 0 Å². The topological polar surface area (TPSA) is 96.7 Å². The van der Waals surface area contributed by atoms with E-state index >= 15 is 0 Å². The maximum Gasteiger partial charge on any atom is 0.243 e. The summed E-state index contributed by atoms with van der Waals surface area (Å²) in [5, 5.41) is 6.37. The quantitative estimate of drug-likeness (QED) is 0.653. The van der Waals surface area contributed by atoms with Crippen LogP contribution in [-0.4, -0.2) is 54.5 Å². The number of nitrogens with zero attached hydrogens (tertiary/aromatic N) is 1. The van der Waals surface area contributed by atoms with Crippen molar-refractivity contribution in [3.8, 4) is 5.75 Å². The van der Waals surface area contributed by atoms with E-state index in [1.165, 1.54) is 0 Å². The molecular formula is C19H28Cl2N4O3. The molecule has 0 saturated carbocycles. The van der Waals surface area contributed by atoms with Crippen LogP contribution in [0.4, 0.5) is 0 Å². The van der Waals surface area contributed by atoms with Gasteiger partial charge in [0, 0.05) is 24.6 Å². The number of rotatable bonds is 2. The van der Waals surface area contributed by atoms with Crippen LogP contribution in [-0.2, 0) is 9.59 Å². The Morgan fingerprint density at radius 2 is 1.96 bits per heavy atom. The van der Waals surface area contributed by atoms with E-state index in [9.17, 15) is 9.59 Å². The Bertz CT molecular complexity index is 706. The fraction of sp³-hybridized carbons (Fsp3) is 0.579. The molecule has 4 N–H and O–H groups in total. The third-order valence-electron chi connectivity index (χ3n) is 5.67. The number of para-hydroxylation sites is 1. The highest BCUT2D eigenvalue weighted by Gasteiger charge is 2.43. The van der Waals surface area contributed by atoms with E-state index in [-0.39, 0.29) is 48.7 Å². The minimum absolute atomic E-state index is 0. The number of benzene rings is 1. The molecule has 3 aliphatic heterocycles. The Hall–Kier alpha value is -1.54. The van der Waals surface area contributed by atoms with Crippen LogP contribution in [0.25, 0.3) is 0 Å². The molecule has 0 aliphatic carbocycles. The maximum atomic E-state index is 13.0. The summed E-state index contributed by atoms with van der Waals surface area (Å²) in [6.07, 6.45) is 3.14. The van der Waals surface area contributed by atoms with Gasteiger partial charge in [-0.1, -0.05) is 18.2 Å². The summed E-state index contributed by atoms with van der Waals surface area (Å²) in [5.41, 5.74) is 7.01. The second-order valence-corrected chi connectivity index (χ2v) is 7.33. The largest absolute Gasteiger partial charge is 0.493 e. The van der Waals surface area contributed by atoms with Crippen LogP contribution in [0.3, 0.4) is 0 Å². The number of fused-ring (bicyclic) bond motifs is 2. The Balaban J connectivity index is 0.00000140. The average molecular weight is 431 g/mol. The average Bonchev–Trinajstić information content (AvgIpc) is 3.07. The molecule has 7 nitrogen and oxygen atoms in total. The number of nitrogens with one attached hydrogen (secondary N) is 2. The van der Waals surface area contributed by atoms with E-state index in [0.29, 0.717) is 19.6 Å². The van der Waals surface area contributed by atoms with Gasteiger partial charge in [-0.05, 0) is 31.9 Å². The first-order valence-electron chi connectivity index (χ1n) is 9.45. The lowest BCUT2D eigenvalue weighted by molar-refractivity contribution is -0.142. The van der Waals surface area contributed by atoms with Crippen molar-refractivity contribution in [2.24, 2.45) is 5.73 Å². The number of hydrogen-bond donors (Lipinski definition) is 3. The van der Waals surface area contributed by atoms with Crippen molar-refractivity contribution < 1.29 is 14.3 Å². The Morgan fingerprint density at radius 1 is 1.18 bits per heavy atom. The summed E-state index contributed by atoms with van der Waals surface area (Å²) in [4.78, 5) is 27.5. The van der Waals surface area contributed by atoms with Crippen LogP contribution in [0, 0.1) is 0 Å². The van der Waals surface area contributed by atoms with Crippen molar-refractivity contribution in [3.05, 3.63) is 29.8 Å². The van der Waals surface area contributed by atoms with E-state index in [4.69, 9.17) is 10.5 Å². The second-order valence-electron chi connectivity index (χ2n) is 7.33. The molecular weight excluding hydrogens is 403 g/mol. The van der Waals surface area contributed by atoms with E-state index in [1.54, 1.807) is 4.90 Å². The number of amides is 2. The van der Waals surface area contributed by atoms with Gasteiger partial charge in [0.25, 0.3) is 0 Å².